The first-order valence-electron chi connectivity index (χ1n) is 6.36. The SMILES string of the molecule is CCn1cc(C(=O)O)s/c1=N\c1cc(Cl)c(C2CC2)s1. The van der Waals surface area contributed by atoms with Gasteiger partial charge in [0, 0.05) is 17.6 Å². The summed E-state index contributed by atoms with van der Waals surface area (Å²) in [5.74, 6) is -0.311. The molecule has 1 aliphatic rings. The molecule has 20 heavy (non-hydrogen) atoms. The van der Waals surface area contributed by atoms with E-state index in [9.17, 15) is 4.79 Å². The van der Waals surface area contributed by atoms with Crippen LogP contribution in [0.15, 0.2) is 17.3 Å². The van der Waals surface area contributed by atoms with Gasteiger partial charge < -0.3 is 9.67 Å². The number of carboxylic acids is 1. The summed E-state index contributed by atoms with van der Waals surface area (Å²) in [7, 11) is 0. The number of nitrogens with zero attached hydrogens (tertiary/aromatic N) is 2. The van der Waals surface area contributed by atoms with Crippen LogP contribution in [0, 0.1) is 0 Å². The van der Waals surface area contributed by atoms with E-state index in [1.807, 2.05) is 17.6 Å². The van der Waals surface area contributed by atoms with Crippen molar-refractivity contribution >= 4 is 45.2 Å². The number of hydrogen-bond donors (Lipinski definition) is 1. The predicted octanol–water partition coefficient (Wildman–Crippen LogP) is 4.09. The van der Waals surface area contributed by atoms with E-state index in [0.717, 1.165) is 10.0 Å². The quantitative estimate of drug-likeness (QED) is 0.918. The third kappa shape index (κ3) is 2.68. The molecule has 0 radical (unpaired) electrons. The largest absolute Gasteiger partial charge is 0.477 e. The van der Waals surface area contributed by atoms with E-state index in [4.69, 9.17) is 16.7 Å². The number of thiazole rings is 1. The number of aromatic carboxylic acids is 1. The zero-order chi connectivity index (χ0) is 14.3. The molecule has 1 saturated carbocycles. The maximum Gasteiger partial charge on any atom is 0.347 e. The Morgan fingerprint density at radius 2 is 2.30 bits per heavy atom. The Labute approximate surface area is 129 Å². The Bertz CT molecular complexity index is 725. The van der Waals surface area contributed by atoms with Gasteiger partial charge in [0.15, 0.2) is 4.80 Å². The molecular formula is C13H13ClN2O2S2. The predicted molar refractivity (Wildman–Crippen MR) is 81.5 cm³/mol. The molecule has 1 aliphatic carbocycles. The number of aryl methyl sites for hydroxylation is 1. The number of carbonyl (C=O) groups is 1. The Kier molecular flexibility index (Phi) is 3.70. The summed E-state index contributed by atoms with van der Waals surface area (Å²) in [4.78, 5) is 17.8. The van der Waals surface area contributed by atoms with E-state index in [1.165, 1.54) is 29.1 Å². The van der Waals surface area contributed by atoms with Gasteiger partial charge in [-0.2, -0.15) is 0 Å². The highest BCUT2D eigenvalue weighted by atomic mass is 35.5. The molecule has 7 heteroatoms. The fourth-order valence-electron chi connectivity index (χ4n) is 1.94. The minimum Gasteiger partial charge on any atom is -0.477 e. The molecule has 0 bridgehead atoms. The van der Waals surface area contributed by atoms with E-state index >= 15 is 0 Å². The standard InChI is InChI=1S/C13H13ClN2O2S2/c1-2-16-6-9(12(17)18)19-13(16)15-10-5-8(14)11(20-10)7-3-4-7/h5-7H,2-4H2,1H3,(H,17,18)/b15-13-. The summed E-state index contributed by atoms with van der Waals surface area (Å²) < 4.78 is 1.85. The number of halogens is 1. The molecule has 0 saturated heterocycles. The highest BCUT2D eigenvalue weighted by Crippen LogP contribution is 2.48. The molecule has 0 unspecified atom stereocenters. The van der Waals surface area contributed by atoms with Crippen molar-refractivity contribution in [2.24, 2.45) is 4.99 Å². The molecular weight excluding hydrogens is 316 g/mol. The highest BCUT2D eigenvalue weighted by Gasteiger charge is 2.28. The third-order valence-electron chi connectivity index (χ3n) is 3.13. The zero-order valence-corrected chi connectivity index (χ0v) is 13.2. The van der Waals surface area contributed by atoms with Crippen LogP contribution in [0.3, 0.4) is 0 Å². The molecule has 106 valence electrons. The van der Waals surface area contributed by atoms with Crippen molar-refractivity contribution in [1.29, 1.82) is 0 Å². The van der Waals surface area contributed by atoms with Gasteiger partial charge >= 0.3 is 5.97 Å². The topological polar surface area (TPSA) is 54.6 Å². The van der Waals surface area contributed by atoms with Crippen LogP contribution >= 0.6 is 34.3 Å². The maximum atomic E-state index is 11.0. The highest BCUT2D eigenvalue weighted by molar-refractivity contribution is 7.16. The van der Waals surface area contributed by atoms with Crippen molar-refractivity contribution in [3.8, 4) is 0 Å². The number of thiophene rings is 1. The first kappa shape index (κ1) is 13.9. The zero-order valence-electron chi connectivity index (χ0n) is 10.8. The molecule has 4 nitrogen and oxygen atoms in total. The average molecular weight is 329 g/mol. The van der Waals surface area contributed by atoms with Gasteiger partial charge in [0.1, 0.15) is 9.88 Å². The minimum atomic E-state index is -0.915. The summed E-state index contributed by atoms with van der Waals surface area (Å²) in [6.07, 6.45) is 4.04. The lowest BCUT2D eigenvalue weighted by Gasteiger charge is -1.94. The van der Waals surface area contributed by atoms with E-state index in [1.54, 1.807) is 17.5 Å². The lowest BCUT2D eigenvalue weighted by molar-refractivity contribution is 0.0701. The molecule has 3 rings (SSSR count). The minimum absolute atomic E-state index is 0.302. The van der Waals surface area contributed by atoms with Gasteiger partial charge in [0.25, 0.3) is 0 Å². The summed E-state index contributed by atoms with van der Waals surface area (Å²) in [6.45, 7) is 2.66. The Hall–Kier alpha value is -1.11. The summed E-state index contributed by atoms with van der Waals surface area (Å²) in [6, 6.07) is 1.88. The second kappa shape index (κ2) is 5.35. The Balaban J connectivity index is 2.02. The van der Waals surface area contributed by atoms with Crippen molar-refractivity contribution in [1.82, 2.24) is 4.57 Å². The van der Waals surface area contributed by atoms with Gasteiger partial charge in [0.05, 0.1) is 5.02 Å². The number of rotatable bonds is 4. The first-order valence-corrected chi connectivity index (χ1v) is 8.37. The fourth-order valence-corrected chi connectivity index (χ4v) is 4.43. The Morgan fingerprint density at radius 1 is 1.55 bits per heavy atom. The van der Waals surface area contributed by atoms with Crippen LogP contribution in [0.2, 0.25) is 5.02 Å². The molecule has 2 aromatic heterocycles. The smallest absolute Gasteiger partial charge is 0.347 e. The molecule has 0 aliphatic heterocycles. The van der Waals surface area contributed by atoms with E-state index < -0.39 is 5.97 Å². The molecule has 2 aromatic rings. The summed E-state index contributed by atoms with van der Waals surface area (Å²) in [5.41, 5.74) is 0. The number of aromatic nitrogens is 1. The van der Waals surface area contributed by atoms with E-state index in [2.05, 4.69) is 4.99 Å². The number of carboxylic acid groups (broad SMARTS) is 1. The Morgan fingerprint density at radius 3 is 2.90 bits per heavy atom. The molecule has 1 N–H and O–H groups in total. The van der Waals surface area contributed by atoms with Crippen LogP contribution in [0.1, 0.15) is 40.2 Å². The van der Waals surface area contributed by atoms with Crippen molar-refractivity contribution in [2.75, 3.05) is 0 Å². The molecule has 0 spiro atoms. The lowest BCUT2D eigenvalue weighted by atomic mass is 10.3. The maximum absolute atomic E-state index is 11.0. The first-order chi connectivity index (χ1) is 9.58. The van der Waals surface area contributed by atoms with Crippen LogP contribution in [0.4, 0.5) is 5.00 Å². The van der Waals surface area contributed by atoms with Crippen molar-refractivity contribution in [3.63, 3.8) is 0 Å². The molecule has 1 fully saturated rings. The van der Waals surface area contributed by atoms with Gasteiger partial charge in [-0.05, 0) is 31.7 Å². The third-order valence-corrected chi connectivity index (χ3v) is 5.75. The second-order valence-electron chi connectivity index (χ2n) is 4.65. The molecule has 0 atom stereocenters. The monoisotopic (exact) mass is 328 g/mol. The lowest BCUT2D eigenvalue weighted by Crippen LogP contribution is -2.11. The van der Waals surface area contributed by atoms with Gasteiger partial charge in [-0.15, -0.1) is 11.3 Å². The van der Waals surface area contributed by atoms with Crippen LogP contribution < -0.4 is 4.80 Å². The van der Waals surface area contributed by atoms with E-state index in [0.29, 0.717) is 22.1 Å². The normalized spacial score (nSPS) is 15.8. The van der Waals surface area contributed by atoms with Crippen molar-refractivity contribution in [3.05, 3.63) is 31.8 Å². The van der Waals surface area contributed by atoms with Crippen LogP contribution in [-0.4, -0.2) is 15.6 Å². The van der Waals surface area contributed by atoms with Crippen LogP contribution in [0.5, 0.6) is 0 Å². The van der Waals surface area contributed by atoms with Gasteiger partial charge in [-0.25, -0.2) is 9.79 Å². The number of hydrogen-bond acceptors (Lipinski definition) is 4. The van der Waals surface area contributed by atoms with Gasteiger partial charge in [-0.1, -0.05) is 22.9 Å². The molecule has 0 amide bonds. The van der Waals surface area contributed by atoms with Crippen LogP contribution in [0.25, 0.3) is 0 Å². The fraction of sp³-hybridized carbons (Fsp3) is 0.385. The van der Waals surface area contributed by atoms with Crippen molar-refractivity contribution < 1.29 is 9.90 Å². The molecule has 2 heterocycles. The summed E-state index contributed by atoms with van der Waals surface area (Å²) >= 11 is 9.02. The van der Waals surface area contributed by atoms with Gasteiger partial charge in [0.2, 0.25) is 0 Å². The van der Waals surface area contributed by atoms with E-state index in [-0.39, 0.29) is 0 Å². The van der Waals surface area contributed by atoms with Crippen LogP contribution in [-0.2, 0) is 6.54 Å². The summed E-state index contributed by atoms with van der Waals surface area (Å²) in [5, 5.41) is 10.7. The van der Waals surface area contributed by atoms with Crippen molar-refractivity contribution in [2.45, 2.75) is 32.2 Å². The second-order valence-corrected chi connectivity index (χ2v) is 7.13. The molecule has 0 aromatic carbocycles. The average Bonchev–Trinajstić information content (AvgIpc) is 3.06. The van der Waals surface area contributed by atoms with Gasteiger partial charge in [-0.3, -0.25) is 0 Å².